The number of nitro benzene ring substituents is 1. The first-order valence-corrected chi connectivity index (χ1v) is 17.4. The van der Waals surface area contributed by atoms with Crippen LogP contribution in [0.25, 0.3) is 0 Å². The van der Waals surface area contributed by atoms with Gasteiger partial charge in [-0.1, -0.05) is 36.4 Å². The van der Waals surface area contributed by atoms with E-state index in [4.69, 9.17) is 9.47 Å². The minimum absolute atomic E-state index is 0.00976. The molecule has 294 valence electrons. The summed E-state index contributed by atoms with van der Waals surface area (Å²) in [5.41, 5.74) is -3.72. The van der Waals surface area contributed by atoms with Crippen molar-refractivity contribution in [3.63, 3.8) is 0 Å². The van der Waals surface area contributed by atoms with Gasteiger partial charge in [0, 0.05) is 61.7 Å². The number of nitro groups is 1. The number of para-hydroxylation sites is 1. The van der Waals surface area contributed by atoms with Gasteiger partial charge in [0.25, 0.3) is 11.2 Å². The van der Waals surface area contributed by atoms with Crippen molar-refractivity contribution in [2.24, 2.45) is 0 Å². The Balaban J connectivity index is 1.60. The molecule has 2 heterocycles. The molecule has 1 atom stereocenters. The van der Waals surface area contributed by atoms with Gasteiger partial charge in [0.2, 0.25) is 0 Å². The fourth-order valence-corrected chi connectivity index (χ4v) is 6.61. The van der Waals surface area contributed by atoms with Gasteiger partial charge in [0.05, 0.1) is 36.7 Å². The maximum absolute atomic E-state index is 15.2. The predicted molar refractivity (Wildman–Crippen MR) is 196 cm³/mol. The first kappa shape index (κ1) is 40.5. The van der Waals surface area contributed by atoms with Crippen LogP contribution >= 0.6 is 0 Å². The topological polar surface area (TPSA) is 141 Å². The molecule has 1 aliphatic heterocycles. The summed E-state index contributed by atoms with van der Waals surface area (Å²) in [6.45, 7) is 6.65. The number of ether oxygens (including phenoxy) is 2. The van der Waals surface area contributed by atoms with E-state index < -0.39 is 70.1 Å². The molecule has 17 heteroatoms. The highest BCUT2D eigenvalue weighted by Crippen LogP contribution is 2.34. The van der Waals surface area contributed by atoms with Crippen molar-refractivity contribution in [2.75, 3.05) is 38.2 Å². The molecule has 0 aliphatic carbocycles. The number of benzene rings is 3. The number of carbonyl (C=O) groups is 1. The number of alkyl carbamates (subject to hydrolysis) is 1. The number of aromatic nitrogens is 2. The largest absolute Gasteiger partial charge is 0.496 e. The number of carbonyl (C=O) groups excluding carboxylic acids is 1. The van der Waals surface area contributed by atoms with Crippen LogP contribution in [-0.2, 0) is 30.5 Å². The van der Waals surface area contributed by atoms with Crippen molar-refractivity contribution in [1.82, 2.24) is 19.4 Å². The summed E-state index contributed by atoms with van der Waals surface area (Å²) in [6.07, 6.45) is -5.82. The molecule has 4 aromatic rings. The molecule has 1 saturated heterocycles. The van der Waals surface area contributed by atoms with Crippen LogP contribution < -0.4 is 26.2 Å². The fourth-order valence-electron chi connectivity index (χ4n) is 6.61. The Hall–Kier alpha value is -5.71. The molecule has 1 aliphatic rings. The van der Waals surface area contributed by atoms with Crippen molar-refractivity contribution in [3.05, 3.63) is 131 Å². The molecule has 3 aromatic carbocycles. The number of rotatable bonds is 11. The van der Waals surface area contributed by atoms with E-state index in [1.54, 1.807) is 62.1 Å². The molecule has 0 radical (unpaired) electrons. The molecular weight excluding hydrogens is 728 g/mol. The highest BCUT2D eigenvalue weighted by Gasteiger charge is 2.36. The number of non-ortho nitro benzene ring substituents is 1. The zero-order valence-corrected chi connectivity index (χ0v) is 31.0. The maximum atomic E-state index is 15.2. The average Bonchev–Trinajstić information content (AvgIpc) is 3.11. The first-order valence-electron chi connectivity index (χ1n) is 17.4. The molecule has 1 N–H and O–H groups in total. The number of halogens is 4. The summed E-state index contributed by atoms with van der Waals surface area (Å²) >= 11 is 0. The normalized spacial score (nSPS) is 14.4. The van der Waals surface area contributed by atoms with Crippen LogP contribution in [0.3, 0.4) is 0 Å². The van der Waals surface area contributed by atoms with Crippen LogP contribution in [-0.4, -0.2) is 63.9 Å². The number of hydrogen-bond acceptors (Lipinski definition) is 9. The van der Waals surface area contributed by atoms with Gasteiger partial charge in [0.1, 0.15) is 22.9 Å². The average molecular weight is 771 g/mol. The number of alkyl halides is 3. The number of anilines is 1. The van der Waals surface area contributed by atoms with Gasteiger partial charge < -0.3 is 19.7 Å². The smallest absolute Gasteiger partial charge is 0.416 e. The van der Waals surface area contributed by atoms with Crippen LogP contribution in [0.15, 0.2) is 76.3 Å². The summed E-state index contributed by atoms with van der Waals surface area (Å²) < 4.78 is 70.4. The Kier molecular flexibility index (Phi) is 12.0. The number of nitrogens with zero attached hydrogens (tertiary/aromatic N) is 5. The maximum Gasteiger partial charge on any atom is 0.416 e. The minimum Gasteiger partial charge on any atom is -0.496 e. The quantitative estimate of drug-likeness (QED) is 0.110. The van der Waals surface area contributed by atoms with E-state index in [2.05, 4.69) is 5.32 Å². The standard InChI is InChI=1S/C38H42F4N6O7/c1-24-33(45-18-16-44(17-19-45)21-25-10-8-11-26(20-25)48(52)53)34(49)47(36(51)46(24)22-28-29(38(40,41)42)13-9-14-30(28)39)23-31(43-35(50)55-37(2,3)4)27-12-6-7-15-32(27)54-5/h6-15,20,31H,16-19,21-23H2,1-5H3,(H,43,50)/t31-/m0/s1. The molecule has 0 saturated carbocycles. The van der Waals surface area contributed by atoms with Crippen molar-refractivity contribution < 1.29 is 36.8 Å². The van der Waals surface area contributed by atoms with E-state index in [0.29, 0.717) is 36.5 Å². The van der Waals surface area contributed by atoms with Crippen LogP contribution in [0, 0.1) is 22.9 Å². The third-order valence-electron chi connectivity index (χ3n) is 9.18. The van der Waals surface area contributed by atoms with Crippen LogP contribution in [0.4, 0.5) is 33.7 Å². The molecule has 55 heavy (non-hydrogen) atoms. The molecule has 0 unspecified atom stereocenters. The van der Waals surface area contributed by atoms with Gasteiger partial charge in [0.15, 0.2) is 0 Å². The summed E-state index contributed by atoms with van der Waals surface area (Å²) in [4.78, 5) is 56.5. The molecule has 1 amide bonds. The molecule has 1 fully saturated rings. The van der Waals surface area contributed by atoms with Crippen molar-refractivity contribution in [3.8, 4) is 5.75 Å². The second-order valence-corrected chi connectivity index (χ2v) is 14.1. The van der Waals surface area contributed by atoms with Gasteiger partial charge in [-0.05, 0) is 51.5 Å². The van der Waals surface area contributed by atoms with E-state index in [1.165, 1.54) is 26.2 Å². The summed E-state index contributed by atoms with van der Waals surface area (Å²) in [5, 5.41) is 14.0. The lowest BCUT2D eigenvalue weighted by molar-refractivity contribution is -0.384. The Bertz CT molecular complexity index is 2170. The van der Waals surface area contributed by atoms with Crippen LogP contribution in [0.5, 0.6) is 5.75 Å². The number of piperazine rings is 1. The summed E-state index contributed by atoms with van der Waals surface area (Å²) in [6, 6.07) is 14.2. The van der Waals surface area contributed by atoms with E-state index in [0.717, 1.165) is 27.3 Å². The third kappa shape index (κ3) is 9.51. The van der Waals surface area contributed by atoms with E-state index in [-0.39, 0.29) is 30.2 Å². The lowest BCUT2D eigenvalue weighted by Crippen LogP contribution is -2.52. The fraction of sp³-hybridized carbons (Fsp3) is 0.395. The van der Waals surface area contributed by atoms with Gasteiger partial charge in [-0.25, -0.2) is 14.0 Å². The zero-order chi connectivity index (χ0) is 40.2. The van der Waals surface area contributed by atoms with Gasteiger partial charge >= 0.3 is 18.0 Å². The van der Waals surface area contributed by atoms with E-state index in [1.807, 2.05) is 4.90 Å². The third-order valence-corrected chi connectivity index (χ3v) is 9.18. The lowest BCUT2D eigenvalue weighted by atomic mass is 10.0. The molecule has 1 aromatic heterocycles. The van der Waals surface area contributed by atoms with E-state index >= 15 is 4.39 Å². The second-order valence-electron chi connectivity index (χ2n) is 14.1. The number of nitrogens with one attached hydrogen (secondary N) is 1. The Morgan fingerprint density at radius 2 is 1.62 bits per heavy atom. The zero-order valence-electron chi connectivity index (χ0n) is 31.0. The molecule has 13 nitrogen and oxygen atoms in total. The SMILES string of the molecule is COc1ccccc1[C@H](Cn1c(=O)c(N2CCN(Cc3cccc([N+](=O)[O-])c3)CC2)c(C)n(Cc2c(F)cccc2C(F)(F)F)c1=O)NC(=O)OC(C)(C)C. The van der Waals surface area contributed by atoms with Crippen LogP contribution in [0.1, 0.15) is 54.8 Å². The Labute approximate surface area is 313 Å². The predicted octanol–water partition coefficient (Wildman–Crippen LogP) is 6.03. The second kappa shape index (κ2) is 16.3. The van der Waals surface area contributed by atoms with Gasteiger partial charge in [-0.3, -0.25) is 28.9 Å². The van der Waals surface area contributed by atoms with Crippen molar-refractivity contribution in [2.45, 2.75) is 65.1 Å². The summed E-state index contributed by atoms with van der Waals surface area (Å²) in [7, 11) is 1.40. The van der Waals surface area contributed by atoms with Crippen molar-refractivity contribution >= 4 is 17.5 Å². The highest BCUT2D eigenvalue weighted by atomic mass is 19.4. The first-order chi connectivity index (χ1) is 25.9. The lowest BCUT2D eigenvalue weighted by Gasteiger charge is -2.37. The molecule has 5 rings (SSSR count). The summed E-state index contributed by atoms with van der Waals surface area (Å²) in [5.74, 6) is -0.876. The minimum atomic E-state index is -4.95. The molecule has 0 spiro atoms. The monoisotopic (exact) mass is 770 g/mol. The number of methoxy groups -OCH3 is 1. The highest BCUT2D eigenvalue weighted by molar-refractivity contribution is 5.68. The number of hydrogen-bond donors (Lipinski definition) is 1. The molecule has 0 bridgehead atoms. The Morgan fingerprint density at radius 3 is 2.25 bits per heavy atom. The van der Waals surface area contributed by atoms with Crippen molar-refractivity contribution in [1.29, 1.82) is 0 Å². The van der Waals surface area contributed by atoms with E-state index in [9.17, 15) is 37.7 Å². The Morgan fingerprint density at radius 1 is 0.945 bits per heavy atom. The number of amides is 1. The van der Waals surface area contributed by atoms with Crippen LogP contribution in [0.2, 0.25) is 0 Å². The molecular formula is C38H42F4N6O7. The van der Waals surface area contributed by atoms with Gasteiger partial charge in [-0.15, -0.1) is 0 Å². The van der Waals surface area contributed by atoms with Gasteiger partial charge in [-0.2, -0.15) is 13.2 Å².